The summed E-state index contributed by atoms with van der Waals surface area (Å²) in [7, 11) is 1.80. The SMILES string of the molecule is CCC(COC)N1CCC(CNC(C)C)C1. The number of nitrogens with one attached hydrogen (secondary N) is 1. The molecular weight excluding hydrogens is 200 g/mol. The third-order valence-electron chi connectivity index (χ3n) is 3.48. The topological polar surface area (TPSA) is 24.5 Å². The van der Waals surface area contributed by atoms with Crippen molar-refractivity contribution >= 4 is 0 Å². The molecule has 2 atom stereocenters. The highest BCUT2D eigenvalue weighted by atomic mass is 16.5. The van der Waals surface area contributed by atoms with Gasteiger partial charge < -0.3 is 10.1 Å². The summed E-state index contributed by atoms with van der Waals surface area (Å²) in [4.78, 5) is 2.59. The second-order valence-electron chi connectivity index (χ2n) is 5.23. The van der Waals surface area contributed by atoms with Gasteiger partial charge in [0.25, 0.3) is 0 Å². The largest absolute Gasteiger partial charge is 0.383 e. The molecular formula is C13H28N2O. The lowest BCUT2D eigenvalue weighted by molar-refractivity contribution is 0.100. The summed E-state index contributed by atoms with van der Waals surface area (Å²) in [6, 6.07) is 1.23. The zero-order valence-electron chi connectivity index (χ0n) is 11.3. The number of ether oxygens (including phenoxy) is 1. The molecule has 0 aromatic rings. The Balaban J connectivity index is 2.27. The highest BCUT2D eigenvalue weighted by Crippen LogP contribution is 2.19. The summed E-state index contributed by atoms with van der Waals surface area (Å²) in [5.74, 6) is 0.827. The number of nitrogens with zero attached hydrogens (tertiary/aromatic N) is 1. The summed E-state index contributed by atoms with van der Waals surface area (Å²) in [6.07, 6.45) is 2.53. The standard InChI is InChI=1S/C13H28N2O/c1-5-13(10-16-4)15-7-6-12(9-15)8-14-11(2)3/h11-14H,5-10H2,1-4H3. The van der Waals surface area contributed by atoms with Crippen LogP contribution in [0.3, 0.4) is 0 Å². The molecule has 1 rings (SSSR count). The van der Waals surface area contributed by atoms with Crippen LogP contribution >= 0.6 is 0 Å². The first kappa shape index (κ1) is 13.9. The van der Waals surface area contributed by atoms with E-state index in [1.54, 1.807) is 7.11 Å². The van der Waals surface area contributed by atoms with Gasteiger partial charge in [0.05, 0.1) is 6.61 Å². The van der Waals surface area contributed by atoms with Crippen LogP contribution < -0.4 is 5.32 Å². The molecule has 0 spiro atoms. The van der Waals surface area contributed by atoms with E-state index in [4.69, 9.17) is 4.74 Å². The van der Waals surface area contributed by atoms with Crippen molar-refractivity contribution in [3.05, 3.63) is 0 Å². The normalized spacial score (nSPS) is 24.2. The number of hydrogen-bond donors (Lipinski definition) is 1. The molecule has 0 saturated carbocycles. The second kappa shape index (κ2) is 7.25. The fraction of sp³-hybridized carbons (Fsp3) is 1.00. The summed E-state index contributed by atoms with van der Waals surface area (Å²) in [5, 5.41) is 3.54. The average Bonchev–Trinajstić information content (AvgIpc) is 2.71. The summed E-state index contributed by atoms with van der Waals surface area (Å²) >= 11 is 0. The highest BCUT2D eigenvalue weighted by Gasteiger charge is 2.26. The van der Waals surface area contributed by atoms with Gasteiger partial charge in [0.15, 0.2) is 0 Å². The maximum absolute atomic E-state index is 5.28. The summed E-state index contributed by atoms with van der Waals surface area (Å²) in [6.45, 7) is 11.2. The zero-order chi connectivity index (χ0) is 12.0. The van der Waals surface area contributed by atoms with Gasteiger partial charge in [-0.25, -0.2) is 0 Å². The van der Waals surface area contributed by atoms with Gasteiger partial charge in [0.1, 0.15) is 0 Å². The Hall–Kier alpha value is -0.120. The molecule has 2 unspecified atom stereocenters. The lowest BCUT2D eigenvalue weighted by atomic mass is 10.1. The van der Waals surface area contributed by atoms with Crippen molar-refractivity contribution < 1.29 is 4.74 Å². The molecule has 0 aromatic carbocycles. The van der Waals surface area contributed by atoms with Crippen LogP contribution in [0.5, 0.6) is 0 Å². The Kier molecular flexibility index (Phi) is 6.32. The predicted octanol–water partition coefficient (Wildman–Crippen LogP) is 1.73. The Morgan fingerprint density at radius 3 is 2.75 bits per heavy atom. The Morgan fingerprint density at radius 2 is 2.19 bits per heavy atom. The van der Waals surface area contributed by atoms with Crippen LogP contribution in [0.2, 0.25) is 0 Å². The maximum atomic E-state index is 5.28. The minimum atomic E-state index is 0.606. The van der Waals surface area contributed by atoms with Crippen molar-refractivity contribution in [3.63, 3.8) is 0 Å². The molecule has 0 aliphatic carbocycles. The van der Waals surface area contributed by atoms with Crippen LogP contribution in [0.15, 0.2) is 0 Å². The van der Waals surface area contributed by atoms with Crippen molar-refractivity contribution in [2.24, 2.45) is 5.92 Å². The zero-order valence-corrected chi connectivity index (χ0v) is 11.3. The van der Waals surface area contributed by atoms with Gasteiger partial charge >= 0.3 is 0 Å². The average molecular weight is 228 g/mol. The molecule has 3 nitrogen and oxygen atoms in total. The fourth-order valence-electron chi connectivity index (χ4n) is 2.44. The van der Waals surface area contributed by atoms with Crippen LogP contribution in [0.4, 0.5) is 0 Å². The van der Waals surface area contributed by atoms with Crippen LogP contribution in [0.25, 0.3) is 0 Å². The molecule has 0 radical (unpaired) electrons. The number of rotatable bonds is 7. The van der Waals surface area contributed by atoms with E-state index in [-0.39, 0.29) is 0 Å². The molecule has 96 valence electrons. The number of methoxy groups -OCH3 is 1. The van der Waals surface area contributed by atoms with Gasteiger partial charge in [-0.05, 0) is 31.8 Å². The van der Waals surface area contributed by atoms with Gasteiger partial charge in [-0.3, -0.25) is 4.90 Å². The van der Waals surface area contributed by atoms with Crippen molar-refractivity contribution in [2.45, 2.75) is 45.7 Å². The van der Waals surface area contributed by atoms with Gasteiger partial charge in [-0.2, -0.15) is 0 Å². The Morgan fingerprint density at radius 1 is 1.44 bits per heavy atom. The van der Waals surface area contributed by atoms with E-state index in [1.807, 2.05) is 0 Å². The molecule has 1 saturated heterocycles. The highest BCUT2D eigenvalue weighted by molar-refractivity contribution is 4.82. The quantitative estimate of drug-likeness (QED) is 0.718. The first-order valence-electron chi connectivity index (χ1n) is 6.63. The van der Waals surface area contributed by atoms with Crippen LogP contribution in [0, 0.1) is 5.92 Å². The van der Waals surface area contributed by atoms with Gasteiger partial charge in [0.2, 0.25) is 0 Å². The van der Waals surface area contributed by atoms with E-state index >= 15 is 0 Å². The molecule has 1 fully saturated rings. The lowest BCUT2D eigenvalue weighted by Gasteiger charge is -2.26. The monoisotopic (exact) mass is 228 g/mol. The lowest BCUT2D eigenvalue weighted by Crippen LogP contribution is -2.37. The first-order chi connectivity index (χ1) is 7.67. The van der Waals surface area contributed by atoms with E-state index in [0.29, 0.717) is 12.1 Å². The Bertz CT molecular complexity index is 185. The molecule has 1 N–H and O–H groups in total. The van der Waals surface area contributed by atoms with Crippen molar-refractivity contribution in [2.75, 3.05) is 33.4 Å². The van der Waals surface area contributed by atoms with Gasteiger partial charge in [-0.1, -0.05) is 20.8 Å². The molecule has 3 heteroatoms. The molecule has 1 heterocycles. The maximum Gasteiger partial charge on any atom is 0.0617 e. The predicted molar refractivity (Wildman–Crippen MR) is 68.8 cm³/mol. The molecule has 0 amide bonds. The third kappa shape index (κ3) is 4.40. The van der Waals surface area contributed by atoms with Gasteiger partial charge in [0, 0.05) is 25.7 Å². The number of hydrogen-bond acceptors (Lipinski definition) is 3. The van der Waals surface area contributed by atoms with E-state index in [1.165, 1.54) is 25.9 Å². The smallest absolute Gasteiger partial charge is 0.0617 e. The summed E-state index contributed by atoms with van der Waals surface area (Å²) < 4.78 is 5.28. The van der Waals surface area contributed by atoms with E-state index < -0.39 is 0 Å². The molecule has 0 aromatic heterocycles. The number of likely N-dealkylation sites (tertiary alicyclic amines) is 1. The van der Waals surface area contributed by atoms with Crippen LogP contribution in [-0.4, -0.2) is 50.3 Å². The second-order valence-corrected chi connectivity index (χ2v) is 5.23. The van der Waals surface area contributed by atoms with Crippen LogP contribution in [-0.2, 0) is 4.74 Å². The van der Waals surface area contributed by atoms with Crippen molar-refractivity contribution in [1.82, 2.24) is 10.2 Å². The molecule has 1 aliphatic rings. The molecule has 16 heavy (non-hydrogen) atoms. The van der Waals surface area contributed by atoms with E-state index in [0.717, 1.165) is 19.1 Å². The minimum absolute atomic E-state index is 0.606. The van der Waals surface area contributed by atoms with Gasteiger partial charge in [-0.15, -0.1) is 0 Å². The fourth-order valence-corrected chi connectivity index (χ4v) is 2.44. The van der Waals surface area contributed by atoms with E-state index in [2.05, 4.69) is 31.0 Å². The first-order valence-corrected chi connectivity index (χ1v) is 6.63. The van der Waals surface area contributed by atoms with Crippen molar-refractivity contribution in [3.8, 4) is 0 Å². The van der Waals surface area contributed by atoms with E-state index in [9.17, 15) is 0 Å². The summed E-state index contributed by atoms with van der Waals surface area (Å²) in [5.41, 5.74) is 0. The third-order valence-corrected chi connectivity index (χ3v) is 3.48. The van der Waals surface area contributed by atoms with Crippen molar-refractivity contribution in [1.29, 1.82) is 0 Å². The minimum Gasteiger partial charge on any atom is -0.383 e. The van der Waals surface area contributed by atoms with Crippen LogP contribution in [0.1, 0.15) is 33.6 Å². The molecule has 1 aliphatic heterocycles. The molecule has 0 bridgehead atoms. The Labute approximate surface area is 101 Å².